The fourth-order valence-electron chi connectivity index (χ4n) is 7.99. The van der Waals surface area contributed by atoms with Gasteiger partial charge in [0, 0.05) is 22.1 Å². The summed E-state index contributed by atoms with van der Waals surface area (Å²) in [5.74, 6) is 0. The molecule has 9 rings (SSSR count). The number of para-hydroxylation sites is 3. The zero-order valence-electron chi connectivity index (χ0n) is 27.3. The van der Waals surface area contributed by atoms with Crippen LogP contribution in [0.1, 0.15) is 38.9 Å². The molecule has 7 aromatic carbocycles. The fourth-order valence-corrected chi connectivity index (χ4v) is 7.99. The van der Waals surface area contributed by atoms with Gasteiger partial charge in [0.25, 0.3) is 0 Å². The van der Waals surface area contributed by atoms with Gasteiger partial charge in [0.2, 0.25) is 0 Å². The Hall–Kier alpha value is -7.39. The van der Waals surface area contributed by atoms with Crippen molar-refractivity contribution in [3.8, 4) is 23.9 Å². The summed E-state index contributed by atoms with van der Waals surface area (Å²) in [5, 5.41) is 31.2. The second kappa shape index (κ2) is 11.6. The van der Waals surface area contributed by atoms with Gasteiger partial charge in [-0.15, -0.1) is 0 Å². The van der Waals surface area contributed by atoms with Crippen molar-refractivity contribution >= 4 is 38.9 Å². The molecule has 1 aromatic heterocycles. The van der Waals surface area contributed by atoms with E-state index in [9.17, 15) is 15.8 Å². The van der Waals surface area contributed by atoms with E-state index >= 15 is 0 Å². The molecule has 1 aliphatic rings. The minimum absolute atomic E-state index is 0.596. The smallest absolute Gasteiger partial charge is 0.0991 e. The van der Waals surface area contributed by atoms with Crippen LogP contribution in [0.2, 0.25) is 0 Å². The average molecular weight is 650 g/mol. The SMILES string of the molecule is N#Cc1ccc(C2(c3ccc(C#N)cc3)c3ccccc3N(c3cccc(-n4c5ccccc5c5cc(C#N)ccc54)c3)c3ccccc32)cc1. The van der Waals surface area contributed by atoms with Gasteiger partial charge in [-0.2, -0.15) is 15.8 Å². The number of benzene rings is 7. The minimum Gasteiger partial charge on any atom is -0.310 e. The molecular weight excluding hydrogens is 623 g/mol. The molecule has 8 aromatic rings. The third kappa shape index (κ3) is 4.38. The molecule has 0 unspecified atom stereocenters. The Morgan fingerprint density at radius 2 is 0.922 bits per heavy atom. The predicted molar refractivity (Wildman–Crippen MR) is 201 cm³/mol. The molecule has 0 fully saturated rings. The van der Waals surface area contributed by atoms with Crippen LogP contribution in [0.15, 0.2) is 164 Å². The first kappa shape index (κ1) is 29.7. The van der Waals surface area contributed by atoms with Crippen LogP contribution < -0.4 is 4.90 Å². The molecule has 2 heterocycles. The number of nitrogens with zero attached hydrogens (tertiary/aromatic N) is 5. The molecule has 236 valence electrons. The van der Waals surface area contributed by atoms with Crippen molar-refractivity contribution in [2.75, 3.05) is 4.90 Å². The van der Waals surface area contributed by atoms with E-state index in [1.54, 1.807) is 0 Å². The molecule has 0 spiro atoms. The molecule has 51 heavy (non-hydrogen) atoms. The van der Waals surface area contributed by atoms with Crippen molar-refractivity contribution in [3.05, 3.63) is 203 Å². The lowest BCUT2D eigenvalue weighted by atomic mass is 9.62. The maximum absolute atomic E-state index is 9.68. The monoisotopic (exact) mass is 649 g/mol. The van der Waals surface area contributed by atoms with E-state index in [0.717, 1.165) is 66.8 Å². The van der Waals surface area contributed by atoms with Gasteiger partial charge >= 0.3 is 0 Å². The third-order valence-electron chi connectivity index (χ3n) is 10.1. The lowest BCUT2D eigenvalue weighted by Gasteiger charge is -2.46. The Morgan fingerprint density at radius 3 is 1.53 bits per heavy atom. The molecule has 0 saturated heterocycles. The van der Waals surface area contributed by atoms with Crippen molar-refractivity contribution in [1.82, 2.24) is 4.57 Å². The molecule has 0 amide bonds. The summed E-state index contributed by atoms with van der Waals surface area (Å²) >= 11 is 0. The average Bonchev–Trinajstić information content (AvgIpc) is 3.53. The molecule has 5 nitrogen and oxygen atoms in total. The van der Waals surface area contributed by atoms with E-state index in [1.807, 2.05) is 48.5 Å². The fraction of sp³-hybridized carbons (Fsp3) is 0.0217. The van der Waals surface area contributed by atoms with E-state index in [1.165, 1.54) is 0 Å². The van der Waals surface area contributed by atoms with E-state index in [0.29, 0.717) is 16.7 Å². The molecule has 0 saturated carbocycles. The van der Waals surface area contributed by atoms with Crippen LogP contribution in [0.25, 0.3) is 27.5 Å². The van der Waals surface area contributed by atoms with Crippen molar-refractivity contribution in [1.29, 1.82) is 15.8 Å². The second-order valence-electron chi connectivity index (χ2n) is 12.7. The van der Waals surface area contributed by atoms with Gasteiger partial charge in [0.15, 0.2) is 0 Å². The summed E-state index contributed by atoms with van der Waals surface area (Å²) in [4.78, 5) is 2.33. The molecule has 0 radical (unpaired) electrons. The van der Waals surface area contributed by atoms with Crippen LogP contribution in [0.5, 0.6) is 0 Å². The number of hydrogen-bond donors (Lipinski definition) is 0. The maximum atomic E-state index is 9.68. The summed E-state index contributed by atoms with van der Waals surface area (Å²) in [6.07, 6.45) is 0. The van der Waals surface area contributed by atoms with Crippen LogP contribution in [0.4, 0.5) is 17.1 Å². The Kier molecular flexibility index (Phi) is 6.78. The Morgan fingerprint density at radius 1 is 0.412 bits per heavy atom. The highest BCUT2D eigenvalue weighted by Crippen LogP contribution is 2.57. The van der Waals surface area contributed by atoms with Gasteiger partial charge in [0.05, 0.1) is 62.7 Å². The van der Waals surface area contributed by atoms with Crippen LogP contribution in [-0.4, -0.2) is 4.57 Å². The van der Waals surface area contributed by atoms with Crippen LogP contribution in [0, 0.1) is 34.0 Å². The standard InChI is InChI=1S/C46H27N5/c47-28-31-16-21-34(22-17-31)46(35-23-18-32(29-48)19-24-35)40-11-2-5-14-44(40)51(45-15-6-3-12-41(45)46)37-9-7-8-36(27-37)50-42-13-4-1-10-38(42)39-26-33(30-49)20-25-43(39)50/h1-27H. The molecule has 5 heteroatoms. The molecule has 0 bridgehead atoms. The first-order valence-corrected chi connectivity index (χ1v) is 16.7. The van der Waals surface area contributed by atoms with Crippen molar-refractivity contribution < 1.29 is 0 Å². The normalized spacial score (nSPS) is 12.8. The van der Waals surface area contributed by atoms with Crippen molar-refractivity contribution in [2.45, 2.75) is 5.41 Å². The minimum atomic E-state index is -0.742. The van der Waals surface area contributed by atoms with Gasteiger partial charge in [-0.1, -0.05) is 84.9 Å². The number of aromatic nitrogens is 1. The summed E-state index contributed by atoms with van der Waals surface area (Å²) in [6.45, 7) is 0. The number of anilines is 3. The molecule has 0 atom stereocenters. The highest BCUT2D eigenvalue weighted by molar-refractivity contribution is 6.09. The van der Waals surface area contributed by atoms with E-state index in [-0.39, 0.29) is 0 Å². The Balaban J connectivity index is 1.31. The first-order valence-electron chi connectivity index (χ1n) is 16.7. The van der Waals surface area contributed by atoms with Crippen LogP contribution in [0.3, 0.4) is 0 Å². The maximum Gasteiger partial charge on any atom is 0.0991 e. The highest BCUT2D eigenvalue weighted by Gasteiger charge is 2.46. The zero-order chi connectivity index (χ0) is 34.5. The summed E-state index contributed by atoms with van der Waals surface area (Å²) in [7, 11) is 0. The number of hydrogen-bond acceptors (Lipinski definition) is 4. The number of fused-ring (bicyclic) bond motifs is 5. The highest BCUT2D eigenvalue weighted by atomic mass is 15.2. The van der Waals surface area contributed by atoms with Gasteiger partial charge in [0.1, 0.15) is 0 Å². The number of rotatable bonds is 4. The zero-order valence-corrected chi connectivity index (χ0v) is 27.3. The summed E-state index contributed by atoms with van der Waals surface area (Å²) in [5.41, 5.74) is 11.5. The van der Waals surface area contributed by atoms with Crippen molar-refractivity contribution in [3.63, 3.8) is 0 Å². The molecule has 1 aliphatic heterocycles. The van der Waals surface area contributed by atoms with Crippen LogP contribution in [-0.2, 0) is 5.41 Å². The number of nitriles is 3. The summed E-state index contributed by atoms with van der Waals surface area (Å²) in [6, 6.07) is 62.5. The van der Waals surface area contributed by atoms with Crippen LogP contribution >= 0.6 is 0 Å². The predicted octanol–water partition coefficient (Wildman–Crippen LogP) is 10.6. The van der Waals surface area contributed by atoms with E-state index < -0.39 is 5.41 Å². The second-order valence-corrected chi connectivity index (χ2v) is 12.7. The van der Waals surface area contributed by atoms with Crippen molar-refractivity contribution in [2.24, 2.45) is 0 Å². The van der Waals surface area contributed by atoms with Gasteiger partial charge in [-0.25, -0.2) is 0 Å². The Labute approximate surface area is 295 Å². The van der Waals surface area contributed by atoms with E-state index in [2.05, 4.69) is 143 Å². The molecular formula is C46H27N5. The van der Waals surface area contributed by atoms with Gasteiger partial charge in [-0.3, -0.25) is 0 Å². The van der Waals surface area contributed by atoms with Gasteiger partial charge in [-0.05, 0) is 101 Å². The molecule has 0 aliphatic carbocycles. The van der Waals surface area contributed by atoms with Gasteiger partial charge < -0.3 is 9.47 Å². The third-order valence-corrected chi connectivity index (χ3v) is 10.1. The Bertz CT molecular complexity index is 2680. The summed E-state index contributed by atoms with van der Waals surface area (Å²) < 4.78 is 2.27. The molecule has 0 N–H and O–H groups in total. The lowest BCUT2D eigenvalue weighted by molar-refractivity contribution is 0.731. The topological polar surface area (TPSA) is 79.5 Å². The quantitative estimate of drug-likeness (QED) is 0.190. The van der Waals surface area contributed by atoms with E-state index in [4.69, 9.17) is 0 Å². The first-order chi connectivity index (χ1) is 25.1. The largest absolute Gasteiger partial charge is 0.310 e. The lowest BCUT2D eigenvalue weighted by Crippen LogP contribution is -2.37.